The average Bonchev–Trinajstić information content (AvgIpc) is 1.21. The van der Waals surface area contributed by atoms with E-state index >= 15 is 0 Å². The minimum Gasteiger partial charge on any atom is -1.00 e. The summed E-state index contributed by atoms with van der Waals surface area (Å²) in [7, 11) is -4.32. The maximum absolute atomic E-state index is 9.76. The minimum absolute atomic E-state index is 0. The number of carboxylic acids is 1. The molecule has 0 saturated carbocycles. The van der Waals surface area contributed by atoms with Gasteiger partial charge in [0, 0.05) is 0 Å². The second kappa shape index (κ2) is 7.28. The molecule has 0 aliphatic heterocycles. The molecule has 0 bridgehead atoms. The third-order valence-electron chi connectivity index (χ3n) is 0.341. The Bertz CT molecular complexity index is 148. The SMILES string of the molecule is O=C(O)CP(=O)(O)O.[H-].[H-].[Na+].[Na+]. The Hall–Kier alpha value is 1.62. The molecule has 0 saturated heterocycles. The van der Waals surface area contributed by atoms with Gasteiger partial charge in [0.05, 0.1) is 0 Å². The van der Waals surface area contributed by atoms with Gasteiger partial charge in [0.1, 0.15) is 6.16 Å². The van der Waals surface area contributed by atoms with Crippen LogP contribution in [-0.2, 0) is 9.36 Å². The summed E-state index contributed by atoms with van der Waals surface area (Å²) < 4.78 is 9.76. The van der Waals surface area contributed by atoms with Gasteiger partial charge in [-0.05, 0) is 0 Å². The van der Waals surface area contributed by atoms with Crippen LogP contribution in [0.15, 0.2) is 0 Å². The van der Waals surface area contributed by atoms with E-state index in [1.807, 2.05) is 0 Å². The molecule has 5 nitrogen and oxygen atoms in total. The zero-order valence-electron chi connectivity index (χ0n) is 7.81. The van der Waals surface area contributed by atoms with Gasteiger partial charge in [0.25, 0.3) is 0 Å². The van der Waals surface area contributed by atoms with Gasteiger partial charge >= 0.3 is 72.7 Å². The van der Waals surface area contributed by atoms with Crippen LogP contribution in [0.2, 0.25) is 0 Å². The van der Waals surface area contributed by atoms with Crippen LogP contribution in [0.4, 0.5) is 0 Å². The van der Waals surface area contributed by atoms with Crippen molar-refractivity contribution < 1.29 is 86.2 Å². The van der Waals surface area contributed by atoms with Gasteiger partial charge in [-0.25, -0.2) is 0 Å². The predicted octanol–water partition coefficient (Wildman–Crippen LogP) is -6.52. The molecule has 0 rings (SSSR count). The van der Waals surface area contributed by atoms with E-state index in [4.69, 9.17) is 14.9 Å². The van der Waals surface area contributed by atoms with Crippen LogP contribution < -0.4 is 59.1 Å². The van der Waals surface area contributed by atoms with Gasteiger partial charge in [-0.1, -0.05) is 0 Å². The monoisotopic (exact) mass is 188 g/mol. The molecule has 8 heteroatoms. The molecule has 0 unspecified atom stereocenters. The van der Waals surface area contributed by atoms with Crippen molar-refractivity contribution in [1.82, 2.24) is 0 Å². The van der Waals surface area contributed by atoms with Crippen molar-refractivity contribution in [3.05, 3.63) is 0 Å². The summed E-state index contributed by atoms with van der Waals surface area (Å²) in [5, 5.41) is 7.76. The van der Waals surface area contributed by atoms with Crippen molar-refractivity contribution >= 4 is 13.6 Å². The van der Waals surface area contributed by atoms with Crippen LogP contribution in [0.1, 0.15) is 2.85 Å². The minimum atomic E-state index is -4.32. The fourth-order valence-corrected chi connectivity index (χ4v) is 0.529. The quantitative estimate of drug-likeness (QED) is 0.296. The standard InChI is InChI=1S/C2H5O5P.2Na.2H/c3-2(4)1-8(5,6)7;;;;/h1H2,(H,3,4)(H2,5,6,7);;;;/q;2*+1;2*-1. The van der Waals surface area contributed by atoms with Crippen LogP contribution >= 0.6 is 7.60 Å². The number of carboxylic acid groups (broad SMARTS) is 1. The van der Waals surface area contributed by atoms with Crippen molar-refractivity contribution in [3.8, 4) is 0 Å². The molecule has 0 heterocycles. The fourth-order valence-electron chi connectivity index (χ4n) is 0.176. The largest absolute Gasteiger partial charge is 1.00 e. The van der Waals surface area contributed by atoms with Gasteiger partial charge in [-0.15, -0.1) is 0 Å². The summed E-state index contributed by atoms with van der Waals surface area (Å²) in [6.07, 6.45) is -1.09. The Kier molecular flexibility index (Phi) is 12.8. The third kappa shape index (κ3) is 16.3. The number of rotatable bonds is 2. The van der Waals surface area contributed by atoms with Crippen molar-refractivity contribution in [3.63, 3.8) is 0 Å². The Labute approximate surface area is 105 Å². The van der Waals surface area contributed by atoms with E-state index in [0.29, 0.717) is 0 Å². The van der Waals surface area contributed by atoms with Crippen LogP contribution in [-0.4, -0.2) is 27.0 Å². The zero-order chi connectivity index (χ0) is 6.78. The Morgan fingerprint density at radius 1 is 1.40 bits per heavy atom. The van der Waals surface area contributed by atoms with Crippen LogP contribution in [0, 0.1) is 0 Å². The maximum Gasteiger partial charge on any atom is 1.00 e. The first kappa shape index (κ1) is 17.6. The number of hydrogen-bond acceptors (Lipinski definition) is 2. The number of carbonyl (C=O) groups is 1. The predicted molar refractivity (Wildman–Crippen MR) is 26.8 cm³/mol. The molecule has 0 radical (unpaired) electrons. The van der Waals surface area contributed by atoms with Crippen molar-refractivity contribution in [1.29, 1.82) is 0 Å². The molecule has 3 N–H and O–H groups in total. The first-order valence-corrected chi connectivity index (χ1v) is 3.48. The third-order valence-corrected chi connectivity index (χ3v) is 1.02. The molecule has 0 amide bonds. The molecule has 0 aliphatic carbocycles. The van der Waals surface area contributed by atoms with E-state index in [1.165, 1.54) is 0 Å². The summed E-state index contributed by atoms with van der Waals surface area (Å²) in [6.45, 7) is 0. The molecule has 52 valence electrons. The zero-order valence-corrected chi connectivity index (χ0v) is 10.7. The molecule has 0 fully saturated rings. The van der Waals surface area contributed by atoms with E-state index in [-0.39, 0.29) is 62.0 Å². The number of hydrogen-bond donors (Lipinski definition) is 3. The smallest absolute Gasteiger partial charge is 1.00 e. The molecule has 0 aromatic carbocycles. The van der Waals surface area contributed by atoms with Gasteiger partial charge in [-0.2, -0.15) is 0 Å². The Morgan fingerprint density at radius 2 is 1.70 bits per heavy atom. The molecule has 0 aromatic rings. The summed E-state index contributed by atoms with van der Waals surface area (Å²) in [6, 6.07) is 0. The average molecular weight is 188 g/mol. The van der Waals surface area contributed by atoms with Crippen LogP contribution in [0.3, 0.4) is 0 Å². The Balaban J connectivity index is -0.0000000408. The molecular weight excluding hydrogens is 181 g/mol. The van der Waals surface area contributed by atoms with Gasteiger partial charge in [-0.3, -0.25) is 9.36 Å². The molecule has 0 aromatic heterocycles. The van der Waals surface area contributed by atoms with E-state index in [9.17, 15) is 9.36 Å². The molecule has 0 spiro atoms. The topological polar surface area (TPSA) is 94.8 Å². The van der Waals surface area contributed by atoms with E-state index < -0.39 is 19.7 Å². The molecular formula is C2H7Na2O5P. The van der Waals surface area contributed by atoms with E-state index in [2.05, 4.69) is 0 Å². The molecule has 10 heavy (non-hydrogen) atoms. The summed E-state index contributed by atoms with van der Waals surface area (Å²) in [4.78, 5) is 25.4. The van der Waals surface area contributed by atoms with Crippen LogP contribution in [0.25, 0.3) is 0 Å². The number of aliphatic carboxylic acids is 1. The summed E-state index contributed by atoms with van der Waals surface area (Å²) in [5.41, 5.74) is 0. The maximum atomic E-state index is 9.76. The molecule has 0 aliphatic rings. The van der Waals surface area contributed by atoms with Gasteiger partial charge < -0.3 is 17.7 Å². The van der Waals surface area contributed by atoms with Gasteiger partial charge in [0.2, 0.25) is 0 Å². The van der Waals surface area contributed by atoms with E-state index in [1.54, 1.807) is 0 Å². The second-order valence-electron chi connectivity index (χ2n) is 1.22. The first-order valence-electron chi connectivity index (χ1n) is 1.68. The summed E-state index contributed by atoms with van der Waals surface area (Å²) >= 11 is 0. The normalized spacial score (nSPS) is 9.00. The van der Waals surface area contributed by atoms with Gasteiger partial charge in [0.15, 0.2) is 0 Å². The van der Waals surface area contributed by atoms with Crippen molar-refractivity contribution in [2.24, 2.45) is 0 Å². The van der Waals surface area contributed by atoms with Crippen molar-refractivity contribution in [2.45, 2.75) is 0 Å². The second-order valence-corrected chi connectivity index (χ2v) is 2.86. The van der Waals surface area contributed by atoms with Crippen molar-refractivity contribution in [2.75, 3.05) is 6.16 Å². The summed E-state index contributed by atoms with van der Waals surface area (Å²) in [5.74, 6) is -1.49. The molecule has 0 atom stereocenters. The Morgan fingerprint density at radius 3 is 1.70 bits per heavy atom. The van der Waals surface area contributed by atoms with Crippen LogP contribution in [0.5, 0.6) is 0 Å². The van der Waals surface area contributed by atoms with E-state index in [0.717, 1.165) is 0 Å². The fraction of sp³-hybridized carbons (Fsp3) is 0.500. The first-order chi connectivity index (χ1) is 3.42.